The smallest absolute Gasteiger partial charge is 0.137 e. The molecule has 1 aromatic carbocycles. The summed E-state index contributed by atoms with van der Waals surface area (Å²) in [5.74, 6) is 0.963. The van der Waals surface area contributed by atoms with Gasteiger partial charge < -0.3 is 5.32 Å². The maximum absolute atomic E-state index is 13.3. The number of rotatable bonds is 1. The summed E-state index contributed by atoms with van der Waals surface area (Å²) in [5.41, 5.74) is 1.02. The van der Waals surface area contributed by atoms with E-state index in [1.807, 2.05) is 17.8 Å². The second kappa shape index (κ2) is 4.64. The van der Waals surface area contributed by atoms with Gasteiger partial charge in [0.2, 0.25) is 0 Å². The van der Waals surface area contributed by atoms with Crippen molar-refractivity contribution in [2.75, 3.05) is 12.3 Å². The van der Waals surface area contributed by atoms with Gasteiger partial charge in [0.05, 0.1) is 9.85 Å². The maximum Gasteiger partial charge on any atom is 0.137 e. The Bertz CT molecular complexity index is 326. The highest BCUT2D eigenvalue weighted by Crippen LogP contribution is 2.31. The monoisotopic (exact) mass is 275 g/mol. The predicted octanol–water partition coefficient (Wildman–Crippen LogP) is 3.31. The van der Waals surface area contributed by atoms with Crippen LogP contribution in [0, 0.1) is 5.82 Å². The van der Waals surface area contributed by atoms with Crippen LogP contribution in [0.3, 0.4) is 0 Å². The zero-order valence-electron chi connectivity index (χ0n) is 7.59. The molecule has 4 heteroatoms. The minimum absolute atomic E-state index is 0.185. The molecule has 0 amide bonds. The van der Waals surface area contributed by atoms with Gasteiger partial charge in [-0.25, -0.2) is 4.39 Å². The molecular weight excluding hydrogens is 265 g/mol. The Morgan fingerprint density at radius 3 is 3.00 bits per heavy atom. The quantitative estimate of drug-likeness (QED) is 0.844. The van der Waals surface area contributed by atoms with E-state index in [-0.39, 0.29) is 11.2 Å². The van der Waals surface area contributed by atoms with Crippen LogP contribution in [0.1, 0.15) is 17.4 Å². The van der Waals surface area contributed by atoms with Gasteiger partial charge in [0.1, 0.15) is 5.82 Å². The fourth-order valence-corrected chi connectivity index (χ4v) is 2.82. The molecule has 0 spiro atoms. The van der Waals surface area contributed by atoms with Gasteiger partial charge in [-0.15, -0.1) is 11.8 Å². The summed E-state index contributed by atoms with van der Waals surface area (Å²) in [6.45, 7) is 1.02. The fraction of sp³-hybridized carbons (Fsp3) is 0.400. The van der Waals surface area contributed by atoms with Crippen molar-refractivity contribution in [3.63, 3.8) is 0 Å². The largest absolute Gasteiger partial charge is 0.302 e. The first-order chi connectivity index (χ1) is 6.77. The van der Waals surface area contributed by atoms with Gasteiger partial charge in [-0.1, -0.05) is 6.07 Å². The van der Waals surface area contributed by atoms with Crippen molar-refractivity contribution >= 4 is 27.7 Å². The lowest BCUT2D eigenvalue weighted by molar-refractivity contribution is 0.607. The van der Waals surface area contributed by atoms with E-state index in [4.69, 9.17) is 0 Å². The third-order valence-corrected chi connectivity index (χ3v) is 4.12. The van der Waals surface area contributed by atoms with Crippen molar-refractivity contribution in [3.8, 4) is 0 Å². The summed E-state index contributed by atoms with van der Waals surface area (Å²) >= 11 is 4.99. The molecule has 0 aliphatic carbocycles. The van der Waals surface area contributed by atoms with E-state index in [9.17, 15) is 4.39 Å². The normalized spacial score (nSPS) is 22.3. The SMILES string of the molecule is Fc1cc(C2NCCCS2)ccc1Br. The number of benzene rings is 1. The third-order valence-electron chi connectivity index (χ3n) is 2.18. The molecule has 1 heterocycles. The van der Waals surface area contributed by atoms with Gasteiger partial charge >= 0.3 is 0 Å². The molecule has 1 atom stereocenters. The summed E-state index contributed by atoms with van der Waals surface area (Å²) in [6.07, 6.45) is 1.19. The van der Waals surface area contributed by atoms with Crippen LogP contribution in [0.25, 0.3) is 0 Å². The third kappa shape index (κ3) is 2.30. The van der Waals surface area contributed by atoms with Gasteiger partial charge in [0.25, 0.3) is 0 Å². The summed E-state index contributed by atoms with van der Waals surface area (Å²) in [7, 11) is 0. The van der Waals surface area contributed by atoms with E-state index < -0.39 is 0 Å². The van der Waals surface area contributed by atoms with Gasteiger partial charge in [-0.2, -0.15) is 0 Å². The van der Waals surface area contributed by atoms with Crippen molar-refractivity contribution in [2.24, 2.45) is 0 Å². The minimum Gasteiger partial charge on any atom is -0.302 e. The molecule has 0 aromatic heterocycles. The summed E-state index contributed by atoms with van der Waals surface area (Å²) in [4.78, 5) is 0. The number of thioether (sulfide) groups is 1. The topological polar surface area (TPSA) is 12.0 Å². The molecule has 76 valence electrons. The van der Waals surface area contributed by atoms with Crippen LogP contribution < -0.4 is 5.32 Å². The van der Waals surface area contributed by atoms with Gasteiger partial charge in [-0.05, 0) is 52.3 Å². The van der Waals surface area contributed by atoms with Crippen molar-refractivity contribution in [1.82, 2.24) is 5.32 Å². The number of halogens is 2. The van der Waals surface area contributed by atoms with E-state index in [2.05, 4.69) is 21.2 Å². The van der Waals surface area contributed by atoms with Crippen LogP contribution >= 0.6 is 27.7 Å². The zero-order valence-corrected chi connectivity index (χ0v) is 10.00. The first-order valence-corrected chi connectivity index (χ1v) is 6.41. The van der Waals surface area contributed by atoms with E-state index in [1.54, 1.807) is 12.1 Å². The Labute approximate surface area is 95.6 Å². The van der Waals surface area contributed by atoms with Crippen LogP contribution in [0.15, 0.2) is 22.7 Å². The average molecular weight is 276 g/mol. The predicted molar refractivity (Wildman–Crippen MR) is 61.9 cm³/mol. The van der Waals surface area contributed by atoms with E-state index in [0.29, 0.717) is 4.47 Å². The van der Waals surface area contributed by atoms with Gasteiger partial charge in [0, 0.05) is 0 Å². The summed E-state index contributed by atoms with van der Waals surface area (Å²) < 4.78 is 13.8. The van der Waals surface area contributed by atoms with Crippen molar-refractivity contribution in [1.29, 1.82) is 0 Å². The number of nitrogens with one attached hydrogen (secondary N) is 1. The molecule has 1 saturated heterocycles. The highest BCUT2D eigenvalue weighted by Gasteiger charge is 2.15. The molecule has 2 rings (SSSR count). The molecule has 1 aliphatic heterocycles. The van der Waals surface area contributed by atoms with Gasteiger partial charge in [-0.3, -0.25) is 0 Å². The van der Waals surface area contributed by atoms with Crippen LogP contribution in [0.4, 0.5) is 4.39 Å². The summed E-state index contributed by atoms with van der Waals surface area (Å²) in [5, 5.41) is 3.62. The number of hydrogen-bond acceptors (Lipinski definition) is 2. The van der Waals surface area contributed by atoms with Crippen molar-refractivity contribution < 1.29 is 4.39 Å². The zero-order chi connectivity index (χ0) is 9.97. The first-order valence-electron chi connectivity index (χ1n) is 4.57. The standard InChI is InChI=1S/C10H11BrFNS/c11-8-3-2-7(6-9(8)12)10-13-4-1-5-14-10/h2-3,6,10,13H,1,4-5H2. The van der Waals surface area contributed by atoms with E-state index >= 15 is 0 Å². The highest BCUT2D eigenvalue weighted by molar-refractivity contribution is 9.10. The lowest BCUT2D eigenvalue weighted by Gasteiger charge is -2.23. The Hall–Kier alpha value is -0.0600. The average Bonchev–Trinajstić information content (AvgIpc) is 2.23. The molecule has 0 radical (unpaired) electrons. The minimum atomic E-state index is -0.185. The van der Waals surface area contributed by atoms with Crippen LogP contribution in [0.5, 0.6) is 0 Å². The molecule has 1 aromatic rings. The molecule has 0 saturated carbocycles. The molecular formula is C10H11BrFNS. The molecule has 1 unspecified atom stereocenters. The Morgan fingerprint density at radius 2 is 2.36 bits per heavy atom. The molecule has 1 aliphatic rings. The van der Waals surface area contributed by atoms with Crippen LogP contribution in [0.2, 0.25) is 0 Å². The van der Waals surface area contributed by atoms with Crippen LogP contribution in [-0.4, -0.2) is 12.3 Å². The maximum atomic E-state index is 13.3. The van der Waals surface area contributed by atoms with E-state index in [0.717, 1.165) is 17.9 Å². The second-order valence-corrected chi connectivity index (χ2v) is 5.30. The molecule has 0 bridgehead atoms. The molecule has 1 N–H and O–H groups in total. The second-order valence-electron chi connectivity index (χ2n) is 3.23. The lowest BCUT2D eigenvalue weighted by atomic mass is 10.2. The first kappa shape index (κ1) is 10.5. The van der Waals surface area contributed by atoms with E-state index in [1.165, 1.54) is 6.42 Å². The summed E-state index contributed by atoms with van der Waals surface area (Å²) in [6, 6.07) is 5.32. The highest BCUT2D eigenvalue weighted by atomic mass is 79.9. The van der Waals surface area contributed by atoms with Crippen molar-refractivity contribution in [3.05, 3.63) is 34.1 Å². The molecule has 1 nitrogen and oxygen atoms in total. The Morgan fingerprint density at radius 1 is 1.50 bits per heavy atom. The van der Waals surface area contributed by atoms with Crippen LogP contribution in [-0.2, 0) is 0 Å². The van der Waals surface area contributed by atoms with Crippen molar-refractivity contribution in [2.45, 2.75) is 11.8 Å². The van der Waals surface area contributed by atoms with Gasteiger partial charge in [0.15, 0.2) is 0 Å². The molecule has 1 fully saturated rings. The molecule has 14 heavy (non-hydrogen) atoms. The Kier molecular flexibility index (Phi) is 3.47. The fourth-order valence-electron chi connectivity index (χ4n) is 1.45. The Balaban J connectivity index is 2.18. The number of hydrogen-bond donors (Lipinski definition) is 1. The lowest BCUT2D eigenvalue weighted by Crippen LogP contribution is -2.25.